The van der Waals surface area contributed by atoms with Gasteiger partial charge in [-0.2, -0.15) is 0 Å². The van der Waals surface area contributed by atoms with Gasteiger partial charge in [-0.25, -0.2) is 0 Å². The number of anilines is 1. The normalized spacial score (nSPS) is 15.8. The lowest BCUT2D eigenvalue weighted by Crippen LogP contribution is -2.36. The Morgan fingerprint density at radius 1 is 1.09 bits per heavy atom. The van der Waals surface area contributed by atoms with Crippen molar-refractivity contribution in [2.45, 2.75) is 52.4 Å². The summed E-state index contributed by atoms with van der Waals surface area (Å²) >= 11 is 10.1. The van der Waals surface area contributed by atoms with E-state index in [1.807, 2.05) is 53.7 Å². The monoisotopic (exact) mass is 578 g/mol. The Hall–Kier alpha value is -2.29. The number of thioether (sulfide) groups is 1. The molecule has 186 valence electrons. The lowest BCUT2D eigenvalue weighted by Gasteiger charge is -2.28. The number of hydrogen-bond donors (Lipinski definition) is 2. The fraction of sp³-hybridized carbons (Fsp3) is 0.346. The number of carbonyl (C=O) groups excluding carboxylic acids is 3. The second kappa shape index (κ2) is 9.99. The van der Waals surface area contributed by atoms with Gasteiger partial charge in [0.15, 0.2) is 0 Å². The van der Waals surface area contributed by atoms with Crippen molar-refractivity contribution in [1.82, 2.24) is 4.90 Å². The molecule has 3 amide bonds. The summed E-state index contributed by atoms with van der Waals surface area (Å²) < 4.78 is 0.687. The summed E-state index contributed by atoms with van der Waals surface area (Å²) in [4.78, 5) is 39.2. The summed E-state index contributed by atoms with van der Waals surface area (Å²) in [6.07, 6.45) is 1.64. The smallest absolute Gasteiger partial charge is 0.294 e. The molecule has 2 aromatic carbocycles. The minimum absolute atomic E-state index is 0.222. The van der Waals surface area contributed by atoms with Crippen molar-refractivity contribution in [3.63, 3.8) is 0 Å². The van der Waals surface area contributed by atoms with Crippen LogP contribution in [0.25, 0.3) is 6.08 Å². The van der Waals surface area contributed by atoms with Gasteiger partial charge in [-0.3, -0.25) is 19.3 Å². The van der Waals surface area contributed by atoms with Gasteiger partial charge in [-0.15, -0.1) is 0 Å². The highest BCUT2D eigenvalue weighted by molar-refractivity contribution is 9.10. The zero-order valence-electron chi connectivity index (χ0n) is 20.5. The summed E-state index contributed by atoms with van der Waals surface area (Å²) in [5.41, 5.74) is 2.00. The van der Waals surface area contributed by atoms with E-state index in [0.29, 0.717) is 20.7 Å². The maximum atomic E-state index is 13.0. The molecule has 2 N–H and O–H groups in total. The van der Waals surface area contributed by atoms with E-state index >= 15 is 0 Å². The summed E-state index contributed by atoms with van der Waals surface area (Å²) in [7, 11) is 0. The van der Waals surface area contributed by atoms with Crippen LogP contribution in [0.3, 0.4) is 0 Å². The third kappa shape index (κ3) is 6.29. The second-order valence-electron chi connectivity index (χ2n) is 10.4. The molecule has 0 unspecified atom stereocenters. The Balaban J connectivity index is 1.86. The number of nitrogens with zero attached hydrogens (tertiary/aromatic N) is 1. The number of halogens is 2. The van der Waals surface area contributed by atoms with E-state index in [0.717, 1.165) is 27.8 Å². The van der Waals surface area contributed by atoms with Crippen LogP contribution in [0.5, 0.6) is 5.75 Å². The third-order valence-corrected chi connectivity index (χ3v) is 7.56. The predicted octanol–water partition coefficient (Wildman–Crippen LogP) is 7.08. The van der Waals surface area contributed by atoms with E-state index in [9.17, 15) is 19.5 Å². The lowest BCUT2D eigenvalue weighted by molar-refractivity contribution is -0.127. The molecule has 0 atom stereocenters. The van der Waals surface area contributed by atoms with Gasteiger partial charge in [-0.1, -0.05) is 53.1 Å². The molecule has 3 rings (SSSR count). The maximum Gasteiger partial charge on any atom is 0.294 e. The maximum absolute atomic E-state index is 13.0. The quantitative estimate of drug-likeness (QED) is 0.378. The topological polar surface area (TPSA) is 86.7 Å². The molecule has 0 radical (unpaired) electrons. The molecular formula is C26H28BrClN2O4S. The Morgan fingerprint density at radius 2 is 1.66 bits per heavy atom. The van der Waals surface area contributed by atoms with Crippen molar-refractivity contribution in [3.8, 4) is 5.75 Å². The first-order chi connectivity index (χ1) is 16.1. The second-order valence-corrected chi connectivity index (χ2v) is 12.7. The molecule has 0 aromatic heterocycles. The number of amides is 3. The lowest BCUT2D eigenvalue weighted by atomic mass is 9.78. The Kier molecular flexibility index (Phi) is 7.79. The van der Waals surface area contributed by atoms with E-state index in [1.165, 1.54) is 0 Å². The van der Waals surface area contributed by atoms with Crippen LogP contribution < -0.4 is 5.32 Å². The number of phenols is 1. The third-order valence-electron chi connectivity index (χ3n) is 5.42. The summed E-state index contributed by atoms with van der Waals surface area (Å²) in [6.45, 7) is 11.6. The minimum atomic E-state index is -0.535. The minimum Gasteiger partial charge on any atom is -0.507 e. The summed E-state index contributed by atoms with van der Waals surface area (Å²) in [5, 5.41) is 13.5. The van der Waals surface area contributed by atoms with Gasteiger partial charge < -0.3 is 10.4 Å². The van der Waals surface area contributed by atoms with Crippen molar-refractivity contribution in [3.05, 3.63) is 61.4 Å². The van der Waals surface area contributed by atoms with Gasteiger partial charge >= 0.3 is 0 Å². The van der Waals surface area contributed by atoms with E-state index in [4.69, 9.17) is 11.6 Å². The first-order valence-electron chi connectivity index (χ1n) is 11.0. The SMILES string of the molecule is CC(C)(C)c1cc(/C=C2\SC(=O)N(CC(=O)Nc3ccc(Br)c(Cl)c3)C2=O)cc(C(C)(C)C)c1O. The first-order valence-corrected chi connectivity index (χ1v) is 12.9. The van der Waals surface area contributed by atoms with Crippen LogP contribution in [0.15, 0.2) is 39.7 Å². The van der Waals surface area contributed by atoms with E-state index in [1.54, 1.807) is 24.3 Å². The summed E-state index contributed by atoms with van der Waals surface area (Å²) in [5.74, 6) is -0.812. The zero-order chi connectivity index (χ0) is 26.3. The number of nitrogens with one attached hydrogen (secondary N) is 1. The molecule has 0 bridgehead atoms. The molecule has 0 saturated carbocycles. The highest BCUT2D eigenvalue weighted by Gasteiger charge is 2.36. The van der Waals surface area contributed by atoms with Crippen molar-refractivity contribution < 1.29 is 19.5 Å². The molecule has 1 aliphatic heterocycles. The number of aromatic hydroxyl groups is 1. The van der Waals surface area contributed by atoms with Crippen molar-refractivity contribution >= 4 is 68.1 Å². The van der Waals surface area contributed by atoms with Crippen LogP contribution in [0.4, 0.5) is 10.5 Å². The van der Waals surface area contributed by atoms with Crippen LogP contribution >= 0.6 is 39.3 Å². The number of imide groups is 1. The van der Waals surface area contributed by atoms with Crippen LogP contribution in [0, 0.1) is 0 Å². The molecule has 0 spiro atoms. The molecular weight excluding hydrogens is 552 g/mol. The number of benzene rings is 2. The molecule has 6 nitrogen and oxygen atoms in total. The Labute approximate surface area is 223 Å². The van der Waals surface area contributed by atoms with Gasteiger partial charge in [0.2, 0.25) is 5.91 Å². The predicted molar refractivity (Wildman–Crippen MR) is 146 cm³/mol. The van der Waals surface area contributed by atoms with E-state index < -0.39 is 23.6 Å². The van der Waals surface area contributed by atoms with E-state index in [2.05, 4.69) is 21.2 Å². The van der Waals surface area contributed by atoms with Crippen LogP contribution in [-0.4, -0.2) is 33.6 Å². The molecule has 1 saturated heterocycles. The van der Waals surface area contributed by atoms with Crippen molar-refractivity contribution in [2.24, 2.45) is 0 Å². The molecule has 1 aliphatic rings. The molecule has 9 heteroatoms. The fourth-order valence-corrected chi connectivity index (χ4v) is 4.85. The van der Waals surface area contributed by atoms with Crippen molar-refractivity contribution in [2.75, 3.05) is 11.9 Å². The summed E-state index contributed by atoms with van der Waals surface area (Å²) in [6, 6.07) is 8.59. The number of rotatable bonds is 4. The van der Waals surface area contributed by atoms with Crippen LogP contribution in [0.1, 0.15) is 58.2 Å². The van der Waals surface area contributed by atoms with Gasteiger partial charge in [0.05, 0.1) is 9.93 Å². The molecule has 35 heavy (non-hydrogen) atoms. The molecule has 1 heterocycles. The number of phenolic OH excluding ortho intramolecular Hbond substituents is 1. The Bertz CT molecular complexity index is 1210. The highest BCUT2D eigenvalue weighted by Crippen LogP contribution is 2.41. The standard InChI is InChI=1S/C26H28BrClN2O4S/c1-25(2,3)16-9-14(10-17(22(16)32)26(4,5)6)11-20-23(33)30(24(34)35-20)13-21(31)29-15-7-8-18(27)19(28)12-15/h7-12,32H,13H2,1-6H3,(H,29,31)/b20-11-. The highest BCUT2D eigenvalue weighted by atomic mass is 79.9. The molecule has 1 fully saturated rings. The molecule has 2 aromatic rings. The average Bonchev–Trinajstić information content (AvgIpc) is 2.97. The first kappa shape index (κ1) is 27.3. The van der Waals surface area contributed by atoms with Crippen LogP contribution in [-0.2, 0) is 20.4 Å². The van der Waals surface area contributed by atoms with Gasteiger partial charge in [0.25, 0.3) is 11.1 Å². The van der Waals surface area contributed by atoms with E-state index in [-0.39, 0.29) is 21.5 Å². The number of carbonyl (C=O) groups is 3. The van der Waals surface area contributed by atoms with Gasteiger partial charge in [0.1, 0.15) is 12.3 Å². The van der Waals surface area contributed by atoms with Crippen LogP contribution in [0.2, 0.25) is 5.02 Å². The average molecular weight is 580 g/mol. The molecule has 0 aliphatic carbocycles. The number of hydrogen-bond acceptors (Lipinski definition) is 5. The zero-order valence-corrected chi connectivity index (χ0v) is 23.6. The van der Waals surface area contributed by atoms with Crippen molar-refractivity contribution in [1.29, 1.82) is 0 Å². The van der Waals surface area contributed by atoms with Gasteiger partial charge in [-0.05, 0) is 80.5 Å². The largest absolute Gasteiger partial charge is 0.507 e. The Morgan fingerprint density at radius 3 is 2.17 bits per heavy atom. The fourth-order valence-electron chi connectivity index (χ4n) is 3.59. The van der Waals surface area contributed by atoms with Gasteiger partial charge in [0, 0.05) is 21.3 Å².